The van der Waals surface area contributed by atoms with Gasteiger partial charge in [-0.3, -0.25) is 0 Å². The summed E-state index contributed by atoms with van der Waals surface area (Å²) >= 11 is 5.15. The summed E-state index contributed by atoms with van der Waals surface area (Å²) in [5.74, 6) is 0. The minimum absolute atomic E-state index is 0.386. The monoisotopic (exact) mass is 256 g/mol. The standard InChI is InChI=1S/C10H9BrOS/c1-6(12)8-5-13-10-7(8)3-2-4-9(10)11/h2-6,12H,1H3. The zero-order valence-electron chi connectivity index (χ0n) is 7.12. The van der Waals surface area contributed by atoms with E-state index in [9.17, 15) is 5.11 Å². The Morgan fingerprint density at radius 1 is 1.46 bits per heavy atom. The van der Waals surface area contributed by atoms with Gasteiger partial charge < -0.3 is 5.11 Å². The largest absolute Gasteiger partial charge is 0.389 e. The summed E-state index contributed by atoms with van der Waals surface area (Å²) in [7, 11) is 0. The highest BCUT2D eigenvalue weighted by molar-refractivity contribution is 9.10. The predicted molar refractivity (Wildman–Crippen MR) is 60.2 cm³/mol. The van der Waals surface area contributed by atoms with Gasteiger partial charge in [-0.2, -0.15) is 0 Å². The van der Waals surface area contributed by atoms with E-state index < -0.39 is 0 Å². The van der Waals surface area contributed by atoms with Gasteiger partial charge in [0.05, 0.1) is 6.10 Å². The van der Waals surface area contributed by atoms with Gasteiger partial charge in [-0.25, -0.2) is 0 Å². The Kier molecular flexibility index (Phi) is 2.41. The van der Waals surface area contributed by atoms with E-state index in [1.165, 1.54) is 4.70 Å². The number of rotatable bonds is 1. The van der Waals surface area contributed by atoms with Gasteiger partial charge in [0.25, 0.3) is 0 Å². The molecule has 3 heteroatoms. The van der Waals surface area contributed by atoms with Gasteiger partial charge in [0.15, 0.2) is 0 Å². The average Bonchev–Trinajstić information content (AvgIpc) is 2.48. The van der Waals surface area contributed by atoms with Crippen LogP contribution in [0, 0.1) is 0 Å². The maximum atomic E-state index is 9.49. The number of aliphatic hydroxyl groups is 1. The summed E-state index contributed by atoms with van der Waals surface area (Å²) in [5, 5.41) is 12.7. The molecule has 0 spiro atoms. The first kappa shape index (κ1) is 9.19. The first-order valence-corrected chi connectivity index (χ1v) is 5.71. The van der Waals surface area contributed by atoms with E-state index in [0.29, 0.717) is 0 Å². The Balaban J connectivity index is 2.75. The number of benzene rings is 1. The molecular formula is C10H9BrOS. The topological polar surface area (TPSA) is 20.2 Å². The molecule has 1 aromatic heterocycles. The lowest BCUT2D eigenvalue weighted by atomic mass is 10.1. The highest BCUT2D eigenvalue weighted by atomic mass is 79.9. The van der Waals surface area contributed by atoms with Crippen LogP contribution >= 0.6 is 27.3 Å². The molecule has 0 radical (unpaired) electrons. The molecule has 1 heterocycles. The third-order valence-corrected chi connectivity index (χ3v) is 4.00. The second-order valence-electron chi connectivity index (χ2n) is 2.98. The van der Waals surface area contributed by atoms with Crippen LogP contribution in [0.5, 0.6) is 0 Å². The zero-order chi connectivity index (χ0) is 9.42. The maximum absolute atomic E-state index is 9.49. The number of halogens is 1. The van der Waals surface area contributed by atoms with Gasteiger partial charge in [0.2, 0.25) is 0 Å². The minimum atomic E-state index is -0.386. The molecule has 0 aliphatic carbocycles. The summed E-state index contributed by atoms with van der Waals surface area (Å²) < 4.78 is 2.31. The lowest BCUT2D eigenvalue weighted by Gasteiger charge is -2.01. The van der Waals surface area contributed by atoms with Crippen LogP contribution in [0.3, 0.4) is 0 Å². The van der Waals surface area contributed by atoms with Crippen molar-refractivity contribution in [2.24, 2.45) is 0 Å². The summed E-state index contributed by atoms with van der Waals surface area (Å²) in [4.78, 5) is 0. The van der Waals surface area contributed by atoms with Crippen molar-refractivity contribution < 1.29 is 5.11 Å². The fourth-order valence-electron chi connectivity index (χ4n) is 1.37. The summed E-state index contributed by atoms with van der Waals surface area (Å²) in [6.45, 7) is 1.79. The van der Waals surface area contributed by atoms with Gasteiger partial charge in [-0.1, -0.05) is 12.1 Å². The number of aliphatic hydroxyl groups excluding tert-OH is 1. The van der Waals surface area contributed by atoms with Crippen LogP contribution in [0.4, 0.5) is 0 Å². The number of fused-ring (bicyclic) bond motifs is 1. The first-order valence-electron chi connectivity index (χ1n) is 4.04. The molecule has 1 aromatic carbocycles. The molecule has 1 N–H and O–H groups in total. The quantitative estimate of drug-likeness (QED) is 0.825. The molecule has 1 unspecified atom stereocenters. The van der Waals surface area contributed by atoms with E-state index in [4.69, 9.17) is 0 Å². The maximum Gasteiger partial charge on any atom is 0.0776 e. The predicted octanol–water partition coefficient (Wildman–Crippen LogP) is 3.72. The normalized spacial score (nSPS) is 13.5. The fourth-order valence-corrected chi connectivity index (χ4v) is 3.07. The molecule has 13 heavy (non-hydrogen) atoms. The molecule has 1 nitrogen and oxygen atoms in total. The van der Waals surface area contributed by atoms with Gasteiger partial charge in [-0.05, 0) is 45.2 Å². The Morgan fingerprint density at radius 3 is 2.92 bits per heavy atom. The summed E-state index contributed by atoms with van der Waals surface area (Å²) in [6.07, 6.45) is -0.386. The van der Waals surface area contributed by atoms with Gasteiger partial charge >= 0.3 is 0 Å². The molecule has 2 aromatic rings. The van der Waals surface area contributed by atoms with E-state index in [1.807, 2.05) is 23.6 Å². The third kappa shape index (κ3) is 1.52. The van der Waals surface area contributed by atoms with E-state index >= 15 is 0 Å². The van der Waals surface area contributed by atoms with Crippen molar-refractivity contribution in [3.05, 3.63) is 33.6 Å². The fraction of sp³-hybridized carbons (Fsp3) is 0.200. The number of thiophene rings is 1. The van der Waals surface area contributed by atoms with E-state index in [-0.39, 0.29) is 6.10 Å². The Hall–Kier alpha value is -0.380. The van der Waals surface area contributed by atoms with Gasteiger partial charge in [0, 0.05) is 9.17 Å². The molecular weight excluding hydrogens is 248 g/mol. The average molecular weight is 257 g/mol. The highest BCUT2D eigenvalue weighted by Gasteiger charge is 2.09. The molecule has 0 aliphatic heterocycles. The van der Waals surface area contributed by atoms with Crippen LogP contribution in [-0.2, 0) is 0 Å². The Bertz CT molecular complexity index is 433. The van der Waals surface area contributed by atoms with Crippen molar-refractivity contribution in [1.82, 2.24) is 0 Å². The molecule has 0 saturated carbocycles. The van der Waals surface area contributed by atoms with Crippen LogP contribution in [0.1, 0.15) is 18.6 Å². The summed E-state index contributed by atoms with van der Waals surface area (Å²) in [5.41, 5.74) is 1.02. The number of hydrogen-bond acceptors (Lipinski definition) is 2. The summed E-state index contributed by atoms with van der Waals surface area (Å²) in [6, 6.07) is 6.05. The second kappa shape index (κ2) is 3.40. The van der Waals surface area contributed by atoms with Crippen molar-refractivity contribution in [3.8, 4) is 0 Å². The van der Waals surface area contributed by atoms with Crippen LogP contribution in [0.2, 0.25) is 0 Å². The zero-order valence-corrected chi connectivity index (χ0v) is 9.52. The SMILES string of the molecule is CC(O)c1csc2c(Br)cccc12. The molecule has 0 amide bonds. The lowest BCUT2D eigenvalue weighted by Crippen LogP contribution is -1.87. The van der Waals surface area contributed by atoms with Gasteiger partial charge in [-0.15, -0.1) is 11.3 Å². The Labute approximate surface area is 89.1 Å². The highest BCUT2D eigenvalue weighted by Crippen LogP contribution is 2.34. The molecule has 2 rings (SSSR count). The molecule has 68 valence electrons. The van der Waals surface area contributed by atoms with Crippen LogP contribution < -0.4 is 0 Å². The van der Waals surface area contributed by atoms with Crippen LogP contribution in [0.25, 0.3) is 10.1 Å². The smallest absolute Gasteiger partial charge is 0.0776 e. The molecule has 0 aliphatic rings. The van der Waals surface area contributed by atoms with Crippen molar-refractivity contribution in [3.63, 3.8) is 0 Å². The Morgan fingerprint density at radius 2 is 2.23 bits per heavy atom. The lowest BCUT2D eigenvalue weighted by molar-refractivity contribution is 0.201. The van der Waals surface area contributed by atoms with Crippen LogP contribution in [-0.4, -0.2) is 5.11 Å². The van der Waals surface area contributed by atoms with Crippen molar-refractivity contribution in [2.45, 2.75) is 13.0 Å². The van der Waals surface area contributed by atoms with Gasteiger partial charge in [0.1, 0.15) is 0 Å². The van der Waals surface area contributed by atoms with Crippen molar-refractivity contribution >= 4 is 37.4 Å². The van der Waals surface area contributed by atoms with E-state index in [0.717, 1.165) is 15.4 Å². The molecule has 0 fully saturated rings. The molecule has 0 bridgehead atoms. The van der Waals surface area contributed by atoms with E-state index in [2.05, 4.69) is 15.9 Å². The van der Waals surface area contributed by atoms with Crippen molar-refractivity contribution in [1.29, 1.82) is 0 Å². The van der Waals surface area contributed by atoms with Crippen molar-refractivity contribution in [2.75, 3.05) is 0 Å². The van der Waals surface area contributed by atoms with Crippen LogP contribution in [0.15, 0.2) is 28.1 Å². The number of hydrogen-bond donors (Lipinski definition) is 1. The van der Waals surface area contributed by atoms with E-state index in [1.54, 1.807) is 18.3 Å². The first-order chi connectivity index (χ1) is 6.20. The third-order valence-electron chi connectivity index (χ3n) is 2.03. The second-order valence-corrected chi connectivity index (χ2v) is 4.72. The molecule has 0 saturated heterocycles. The minimum Gasteiger partial charge on any atom is -0.389 e. The molecule has 1 atom stereocenters.